The Morgan fingerprint density at radius 2 is 2.14 bits per heavy atom. The second kappa shape index (κ2) is 3.67. The van der Waals surface area contributed by atoms with Crippen molar-refractivity contribution < 1.29 is 9.53 Å². The minimum atomic E-state index is -0.614. The molecule has 0 aromatic heterocycles. The zero-order valence-corrected chi connectivity index (χ0v) is 7.72. The minimum absolute atomic E-state index is 0.439. The second-order valence-corrected chi connectivity index (χ2v) is 3.15. The molecule has 1 aliphatic rings. The molecule has 0 saturated carbocycles. The van der Waals surface area contributed by atoms with Crippen LogP contribution in [0.2, 0.25) is 0 Å². The molecule has 1 fully saturated rings. The molecule has 1 unspecified atom stereocenters. The molecule has 1 atom stereocenters. The Bertz CT molecular complexity index is 326. The first-order valence-electron chi connectivity index (χ1n) is 4.51. The van der Waals surface area contributed by atoms with Crippen molar-refractivity contribution in [2.24, 2.45) is 5.73 Å². The number of benzene rings is 1. The summed E-state index contributed by atoms with van der Waals surface area (Å²) >= 11 is 0. The van der Waals surface area contributed by atoms with Crippen LogP contribution in [-0.2, 0) is 9.53 Å². The predicted octanol–water partition coefficient (Wildman–Crippen LogP) is 0.335. The number of amides is 1. The van der Waals surface area contributed by atoms with Gasteiger partial charge in [0.2, 0.25) is 6.23 Å². The number of rotatable bonds is 2. The summed E-state index contributed by atoms with van der Waals surface area (Å²) in [6, 6.07) is 9.65. The molecule has 1 saturated heterocycles. The van der Waals surface area contributed by atoms with E-state index in [1.807, 2.05) is 35.2 Å². The van der Waals surface area contributed by atoms with Crippen LogP contribution < -0.4 is 10.6 Å². The first kappa shape index (κ1) is 9.02. The Morgan fingerprint density at radius 3 is 2.79 bits per heavy atom. The number of hydrogen-bond acceptors (Lipinski definition) is 3. The van der Waals surface area contributed by atoms with Gasteiger partial charge in [-0.1, -0.05) is 18.2 Å². The van der Waals surface area contributed by atoms with Gasteiger partial charge >= 0.3 is 0 Å². The van der Waals surface area contributed by atoms with E-state index in [4.69, 9.17) is 10.5 Å². The van der Waals surface area contributed by atoms with Crippen molar-refractivity contribution in [3.05, 3.63) is 30.3 Å². The molecule has 2 N–H and O–H groups in total. The number of primary amides is 1. The summed E-state index contributed by atoms with van der Waals surface area (Å²) in [5, 5.41) is 0. The lowest BCUT2D eigenvalue weighted by molar-refractivity contribution is -0.126. The molecule has 4 nitrogen and oxygen atoms in total. The SMILES string of the molecule is NC(=O)C1OCCN1c1ccccc1. The van der Waals surface area contributed by atoms with Crippen LogP contribution in [0.25, 0.3) is 0 Å². The molecule has 2 rings (SSSR count). The van der Waals surface area contributed by atoms with Gasteiger partial charge < -0.3 is 15.4 Å². The molecule has 4 heteroatoms. The number of carbonyl (C=O) groups is 1. The zero-order valence-electron chi connectivity index (χ0n) is 7.72. The van der Waals surface area contributed by atoms with Gasteiger partial charge in [-0.15, -0.1) is 0 Å². The fourth-order valence-corrected chi connectivity index (χ4v) is 1.59. The van der Waals surface area contributed by atoms with Crippen LogP contribution in [-0.4, -0.2) is 25.3 Å². The number of carbonyl (C=O) groups excluding carboxylic acids is 1. The molecule has 1 aromatic rings. The van der Waals surface area contributed by atoms with Crippen LogP contribution in [0.1, 0.15) is 0 Å². The fraction of sp³-hybridized carbons (Fsp3) is 0.300. The van der Waals surface area contributed by atoms with Gasteiger partial charge in [-0.3, -0.25) is 4.79 Å². The number of nitrogens with zero attached hydrogens (tertiary/aromatic N) is 1. The average molecular weight is 192 g/mol. The van der Waals surface area contributed by atoms with Crippen molar-refractivity contribution in [1.82, 2.24) is 0 Å². The van der Waals surface area contributed by atoms with Gasteiger partial charge in [0, 0.05) is 12.2 Å². The molecular formula is C10H12N2O2. The number of para-hydroxylation sites is 1. The van der Waals surface area contributed by atoms with Gasteiger partial charge in [0.15, 0.2) is 0 Å². The van der Waals surface area contributed by atoms with Crippen molar-refractivity contribution in [2.45, 2.75) is 6.23 Å². The Hall–Kier alpha value is -1.55. The van der Waals surface area contributed by atoms with Crippen molar-refractivity contribution in [2.75, 3.05) is 18.1 Å². The summed E-state index contributed by atoms with van der Waals surface area (Å²) in [5.41, 5.74) is 6.19. The highest BCUT2D eigenvalue weighted by atomic mass is 16.5. The normalized spacial score (nSPS) is 21.1. The van der Waals surface area contributed by atoms with Crippen LogP contribution >= 0.6 is 0 Å². The van der Waals surface area contributed by atoms with Crippen molar-refractivity contribution in [3.63, 3.8) is 0 Å². The van der Waals surface area contributed by atoms with Gasteiger partial charge in [-0.25, -0.2) is 0 Å². The summed E-state index contributed by atoms with van der Waals surface area (Å²) in [4.78, 5) is 12.9. The fourth-order valence-electron chi connectivity index (χ4n) is 1.59. The van der Waals surface area contributed by atoms with Crippen LogP contribution in [0.4, 0.5) is 5.69 Å². The number of anilines is 1. The summed E-state index contributed by atoms with van der Waals surface area (Å²) in [5.74, 6) is -0.439. The van der Waals surface area contributed by atoms with E-state index in [2.05, 4.69) is 0 Å². The Morgan fingerprint density at radius 1 is 1.43 bits per heavy atom. The number of hydrogen-bond donors (Lipinski definition) is 1. The molecule has 14 heavy (non-hydrogen) atoms. The van der Waals surface area contributed by atoms with E-state index in [9.17, 15) is 4.79 Å². The van der Waals surface area contributed by atoms with E-state index in [1.165, 1.54) is 0 Å². The third-order valence-corrected chi connectivity index (χ3v) is 2.22. The maximum Gasteiger partial charge on any atom is 0.267 e. The molecule has 1 aliphatic heterocycles. The van der Waals surface area contributed by atoms with E-state index in [-0.39, 0.29) is 0 Å². The highest BCUT2D eigenvalue weighted by Crippen LogP contribution is 2.20. The zero-order chi connectivity index (χ0) is 9.97. The summed E-state index contributed by atoms with van der Waals surface area (Å²) in [6.45, 7) is 1.25. The van der Waals surface area contributed by atoms with Crippen LogP contribution in [0, 0.1) is 0 Å². The largest absolute Gasteiger partial charge is 0.366 e. The van der Waals surface area contributed by atoms with Gasteiger partial charge in [-0.2, -0.15) is 0 Å². The number of ether oxygens (including phenoxy) is 1. The molecule has 1 heterocycles. The highest BCUT2D eigenvalue weighted by molar-refractivity contribution is 5.82. The van der Waals surface area contributed by atoms with E-state index < -0.39 is 12.1 Å². The van der Waals surface area contributed by atoms with Crippen molar-refractivity contribution >= 4 is 11.6 Å². The second-order valence-electron chi connectivity index (χ2n) is 3.15. The van der Waals surface area contributed by atoms with Gasteiger partial charge in [0.05, 0.1) is 6.61 Å². The first-order chi connectivity index (χ1) is 6.79. The third-order valence-electron chi connectivity index (χ3n) is 2.22. The summed E-state index contributed by atoms with van der Waals surface area (Å²) in [7, 11) is 0. The van der Waals surface area contributed by atoms with Gasteiger partial charge in [0.25, 0.3) is 5.91 Å². The molecule has 0 spiro atoms. The Balaban J connectivity index is 2.22. The lowest BCUT2D eigenvalue weighted by Gasteiger charge is -2.22. The van der Waals surface area contributed by atoms with Crippen LogP contribution in [0.15, 0.2) is 30.3 Å². The van der Waals surface area contributed by atoms with Gasteiger partial charge in [-0.05, 0) is 12.1 Å². The molecule has 1 aromatic carbocycles. The average Bonchev–Trinajstić information content (AvgIpc) is 2.67. The topological polar surface area (TPSA) is 55.6 Å². The minimum Gasteiger partial charge on any atom is -0.366 e. The lowest BCUT2D eigenvalue weighted by atomic mass is 10.3. The molecule has 0 radical (unpaired) electrons. The Kier molecular flexibility index (Phi) is 2.37. The van der Waals surface area contributed by atoms with E-state index >= 15 is 0 Å². The summed E-state index contributed by atoms with van der Waals surface area (Å²) < 4.78 is 5.23. The quantitative estimate of drug-likeness (QED) is 0.734. The molecule has 0 aliphatic carbocycles. The predicted molar refractivity (Wildman–Crippen MR) is 52.7 cm³/mol. The van der Waals surface area contributed by atoms with Crippen molar-refractivity contribution in [3.8, 4) is 0 Å². The maximum absolute atomic E-state index is 11.0. The highest BCUT2D eigenvalue weighted by Gasteiger charge is 2.29. The lowest BCUT2D eigenvalue weighted by Crippen LogP contribution is -2.41. The molecule has 74 valence electrons. The molecular weight excluding hydrogens is 180 g/mol. The van der Waals surface area contributed by atoms with Gasteiger partial charge in [0.1, 0.15) is 0 Å². The Labute approximate surface area is 82.3 Å². The monoisotopic (exact) mass is 192 g/mol. The first-order valence-corrected chi connectivity index (χ1v) is 4.51. The van der Waals surface area contributed by atoms with E-state index in [0.29, 0.717) is 13.2 Å². The molecule has 0 bridgehead atoms. The number of nitrogens with two attached hydrogens (primary N) is 1. The third kappa shape index (κ3) is 1.56. The summed E-state index contributed by atoms with van der Waals surface area (Å²) in [6.07, 6.45) is -0.614. The van der Waals surface area contributed by atoms with Crippen LogP contribution in [0.5, 0.6) is 0 Å². The van der Waals surface area contributed by atoms with E-state index in [1.54, 1.807) is 0 Å². The standard InChI is InChI=1S/C10H12N2O2/c11-9(13)10-12(6-7-14-10)8-4-2-1-3-5-8/h1-5,10H,6-7H2,(H2,11,13). The maximum atomic E-state index is 11.0. The van der Waals surface area contributed by atoms with E-state index in [0.717, 1.165) is 5.69 Å². The molecule has 1 amide bonds. The van der Waals surface area contributed by atoms with Crippen molar-refractivity contribution in [1.29, 1.82) is 0 Å². The van der Waals surface area contributed by atoms with Crippen LogP contribution in [0.3, 0.4) is 0 Å². The smallest absolute Gasteiger partial charge is 0.267 e.